The highest BCUT2D eigenvalue weighted by atomic mass is 16.5. The van der Waals surface area contributed by atoms with Crippen molar-refractivity contribution in [2.75, 3.05) is 20.2 Å². The van der Waals surface area contributed by atoms with E-state index >= 15 is 0 Å². The summed E-state index contributed by atoms with van der Waals surface area (Å²) in [6, 6.07) is -0.0168. The first kappa shape index (κ1) is 12.5. The summed E-state index contributed by atoms with van der Waals surface area (Å²) in [5, 5.41) is 0. The van der Waals surface area contributed by atoms with Crippen molar-refractivity contribution in [3.63, 3.8) is 0 Å². The van der Waals surface area contributed by atoms with Crippen molar-refractivity contribution in [3.8, 4) is 0 Å². The highest BCUT2D eigenvalue weighted by Crippen LogP contribution is 2.23. The topological polar surface area (TPSA) is 29.5 Å². The molecule has 1 fully saturated rings. The lowest BCUT2D eigenvalue weighted by Gasteiger charge is -2.24. The lowest BCUT2D eigenvalue weighted by atomic mass is 10.0. The summed E-state index contributed by atoms with van der Waals surface area (Å²) < 4.78 is 4.83. The summed E-state index contributed by atoms with van der Waals surface area (Å²) in [6.07, 6.45) is 4.62. The molecular formula is C12H23NO2. The van der Waals surface area contributed by atoms with Crippen molar-refractivity contribution < 1.29 is 9.53 Å². The zero-order valence-corrected chi connectivity index (χ0v) is 10.2. The molecule has 0 aromatic carbocycles. The van der Waals surface area contributed by atoms with E-state index in [0.717, 1.165) is 25.4 Å². The zero-order valence-electron chi connectivity index (χ0n) is 10.2. The first-order valence-electron chi connectivity index (χ1n) is 6.04. The molecule has 0 amide bonds. The Balaban J connectivity index is 2.46. The van der Waals surface area contributed by atoms with Crippen LogP contribution in [0.15, 0.2) is 0 Å². The van der Waals surface area contributed by atoms with Crippen molar-refractivity contribution in [1.82, 2.24) is 4.90 Å². The predicted molar refractivity (Wildman–Crippen MR) is 60.7 cm³/mol. The largest absolute Gasteiger partial charge is 0.468 e. The van der Waals surface area contributed by atoms with Crippen LogP contribution < -0.4 is 0 Å². The first-order valence-corrected chi connectivity index (χ1v) is 6.04. The van der Waals surface area contributed by atoms with Crippen LogP contribution in [0, 0.1) is 5.92 Å². The van der Waals surface area contributed by atoms with E-state index < -0.39 is 0 Å². The molecule has 3 heteroatoms. The minimum atomic E-state index is -0.0744. The van der Waals surface area contributed by atoms with Gasteiger partial charge in [-0.1, -0.05) is 20.3 Å². The van der Waals surface area contributed by atoms with Crippen molar-refractivity contribution in [3.05, 3.63) is 0 Å². The van der Waals surface area contributed by atoms with E-state index in [1.807, 2.05) is 0 Å². The molecule has 0 spiro atoms. The van der Waals surface area contributed by atoms with Gasteiger partial charge < -0.3 is 4.74 Å². The summed E-state index contributed by atoms with van der Waals surface area (Å²) in [5.41, 5.74) is 0. The van der Waals surface area contributed by atoms with E-state index in [0.29, 0.717) is 0 Å². The van der Waals surface area contributed by atoms with E-state index in [2.05, 4.69) is 18.7 Å². The Hall–Kier alpha value is -0.570. The number of carbonyl (C=O) groups excluding carboxylic acids is 1. The van der Waals surface area contributed by atoms with Crippen LogP contribution in [-0.4, -0.2) is 37.1 Å². The van der Waals surface area contributed by atoms with Crippen LogP contribution in [0.25, 0.3) is 0 Å². The van der Waals surface area contributed by atoms with Crippen LogP contribution in [0.5, 0.6) is 0 Å². The number of esters is 1. The van der Waals surface area contributed by atoms with Crippen molar-refractivity contribution in [2.45, 2.75) is 45.6 Å². The summed E-state index contributed by atoms with van der Waals surface area (Å²) in [7, 11) is 1.48. The monoisotopic (exact) mass is 213 g/mol. The summed E-state index contributed by atoms with van der Waals surface area (Å²) in [5.74, 6) is 0.711. The van der Waals surface area contributed by atoms with Gasteiger partial charge in [0, 0.05) is 6.54 Å². The highest BCUT2D eigenvalue weighted by molar-refractivity contribution is 5.75. The molecule has 88 valence electrons. The SMILES string of the molecule is CCC[C@@H]1CCN(C(CC)C(=O)OC)C1. The fraction of sp³-hybridized carbons (Fsp3) is 0.917. The molecule has 0 N–H and O–H groups in total. The number of hydrogen-bond donors (Lipinski definition) is 0. The maximum atomic E-state index is 11.5. The minimum Gasteiger partial charge on any atom is -0.468 e. The molecule has 2 atom stereocenters. The van der Waals surface area contributed by atoms with Crippen LogP contribution in [0.3, 0.4) is 0 Å². The number of methoxy groups -OCH3 is 1. The molecule has 0 radical (unpaired) electrons. The second-order valence-electron chi connectivity index (χ2n) is 4.39. The molecule has 0 aromatic rings. The van der Waals surface area contributed by atoms with Gasteiger partial charge in [0.15, 0.2) is 0 Å². The quantitative estimate of drug-likeness (QED) is 0.655. The average molecular weight is 213 g/mol. The lowest BCUT2D eigenvalue weighted by Crippen LogP contribution is -2.40. The number of nitrogens with zero attached hydrogens (tertiary/aromatic N) is 1. The van der Waals surface area contributed by atoms with Crippen molar-refractivity contribution >= 4 is 5.97 Å². The summed E-state index contributed by atoms with van der Waals surface area (Å²) >= 11 is 0. The number of hydrogen-bond acceptors (Lipinski definition) is 3. The van der Waals surface area contributed by atoms with Gasteiger partial charge in [0.2, 0.25) is 0 Å². The van der Waals surface area contributed by atoms with Crippen LogP contribution in [0.2, 0.25) is 0 Å². The molecule has 1 unspecified atom stereocenters. The van der Waals surface area contributed by atoms with Crippen molar-refractivity contribution in [2.24, 2.45) is 5.92 Å². The molecular weight excluding hydrogens is 190 g/mol. The van der Waals surface area contributed by atoms with Crippen LogP contribution in [0.4, 0.5) is 0 Å². The van der Waals surface area contributed by atoms with Crippen LogP contribution in [-0.2, 0) is 9.53 Å². The molecule has 0 bridgehead atoms. The van der Waals surface area contributed by atoms with Gasteiger partial charge in [-0.05, 0) is 31.7 Å². The average Bonchev–Trinajstić information content (AvgIpc) is 2.68. The molecule has 1 aliphatic rings. The third kappa shape index (κ3) is 3.20. The number of likely N-dealkylation sites (tertiary alicyclic amines) is 1. The molecule has 0 aliphatic carbocycles. The third-order valence-corrected chi connectivity index (χ3v) is 3.31. The highest BCUT2D eigenvalue weighted by Gasteiger charge is 2.31. The van der Waals surface area contributed by atoms with E-state index in [1.165, 1.54) is 26.4 Å². The second kappa shape index (κ2) is 6.11. The zero-order chi connectivity index (χ0) is 11.3. The molecule has 3 nitrogen and oxygen atoms in total. The Morgan fingerprint density at radius 2 is 2.27 bits per heavy atom. The van der Waals surface area contributed by atoms with Gasteiger partial charge in [-0.25, -0.2) is 0 Å². The Morgan fingerprint density at radius 3 is 2.80 bits per heavy atom. The first-order chi connectivity index (χ1) is 7.22. The molecule has 1 saturated heterocycles. The Morgan fingerprint density at radius 1 is 1.53 bits per heavy atom. The minimum absolute atomic E-state index is 0.0168. The predicted octanol–water partition coefficient (Wildman–Crippen LogP) is 2.06. The standard InChI is InChI=1S/C12H23NO2/c1-4-6-10-7-8-13(9-10)11(5-2)12(14)15-3/h10-11H,4-9H2,1-3H3/t10-,11?/m1/s1. The van der Waals surface area contributed by atoms with E-state index in [1.54, 1.807) is 0 Å². The van der Waals surface area contributed by atoms with E-state index in [9.17, 15) is 4.79 Å². The van der Waals surface area contributed by atoms with Gasteiger partial charge in [-0.2, -0.15) is 0 Å². The van der Waals surface area contributed by atoms with Crippen LogP contribution in [0.1, 0.15) is 39.5 Å². The number of rotatable bonds is 5. The number of ether oxygens (including phenoxy) is 1. The summed E-state index contributed by atoms with van der Waals surface area (Å²) in [6.45, 7) is 6.40. The van der Waals surface area contributed by atoms with E-state index in [-0.39, 0.29) is 12.0 Å². The van der Waals surface area contributed by atoms with Crippen LogP contribution >= 0.6 is 0 Å². The molecule has 1 heterocycles. The number of carbonyl (C=O) groups is 1. The molecule has 15 heavy (non-hydrogen) atoms. The third-order valence-electron chi connectivity index (χ3n) is 3.31. The fourth-order valence-corrected chi connectivity index (χ4v) is 2.50. The van der Waals surface area contributed by atoms with Gasteiger partial charge >= 0.3 is 5.97 Å². The normalized spacial score (nSPS) is 24.1. The fourth-order valence-electron chi connectivity index (χ4n) is 2.50. The molecule has 0 saturated carbocycles. The molecule has 1 aliphatic heterocycles. The smallest absolute Gasteiger partial charge is 0.323 e. The van der Waals surface area contributed by atoms with Gasteiger partial charge in [0.1, 0.15) is 6.04 Å². The van der Waals surface area contributed by atoms with Gasteiger partial charge in [0.05, 0.1) is 7.11 Å². The van der Waals surface area contributed by atoms with Gasteiger partial charge in [-0.15, -0.1) is 0 Å². The van der Waals surface area contributed by atoms with Crippen molar-refractivity contribution in [1.29, 1.82) is 0 Å². The Labute approximate surface area is 92.8 Å². The Bertz CT molecular complexity index is 206. The van der Waals surface area contributed by atoms with Gasteiger partial charge in [-0.3, -0.25) is 9.69 Å². The maximum Gasteiger partial charge on any atom is 0.323 e. The molecule has 0 aromatic heterocycles. The maximum absolute atomic E-state index is 11.5. The second-order valence-corrected chi connectivity index (χ2v) is 4.39. The van der Waals surface area contributed by atoms with Gasteiger partial charge in [0.25, 0.3) is 0 Å². The van der Waals surface area contributed by atoms with E-state index in [4.69, 9.17) is 4.74 Å². The summed E-state index contributed by atoms with van der Waals surface area (Å²) in [4.78, 5) is 13.8. The molecule has 1 rings (SSSR count). The lowest BCUT2D eigenvalue weighted by molar-refractivity contribution is -0.146. The Kier molecular flexibility index (Phi) is 5.09.